The van der Waals surface area contributed by atoms with Gasteiger partial charge in [-0.25, -0.2) is 0 Å². The summed E-state index contributed by atoms with van der Waals surface area (Å²) in [6.07, 6.45) is 0.766. The van der Waals surface area contributed by atoms with Crippen molar-refractivity contribution in [3.63, 3.8) is 0 Å². The number of rotatable bonds is 1. The van der Waals surface area contributed by atoms with Crippen molar-refractivity contribution in [2.45, 2.75) is 24.9 Å². The van der Waals surface area contributed by atoms with Crippen LogP contribution in [0.1, 0.15) is 35.1 Å². The van der Waals surface area contributed by atoms with Crippen LogP contribution in [0.4, 0.5) is 0 Å². The second-order valence-electron chi connectivity index (χ2n) is 5.12. The van der Waals surface area contributed by atoms with Crippen molar-refractivity contribution in [3.05, 3.63) is 71.3 Å². The van der Waals surface area contributed by atoms with E-state index in [4.69, 9.17) is 0 Å². The minimum absolute atomic E-state index is 0.287. The van der Waals surface area contributed by atoms with Gasteiger partial charge in [-0.1, -0.05) is 59.8 Å². The van der Waals surface area contributed by atoms with Crippen molar-refractivity contribution >= 4 is 5.71 Å². The zero-order chi connectivity index (χ0) is 13.9. The van der Waals surface area contributed by atoms with Gasteiger partial charge in [-0.15, -0.1) is 0 Å². The Labute approximate surface area is 118 Å². The number of benzene rings is 2. The van der Waals surface area contributed by atoms with E-state index >= 15 is 0 Å². The van der Waals surface area contributed by atoms with E-state index in [0.29, 0.717) is 12.1 Å². The third kappa shape index (κ3) is 2.21. The highest BCUT2D eigenvalue weighted by molar-refractivity contribution is 5.92. The van der Waals surface area contributed by atoms with Gasteiger partial charge >= 0.3 is 0 Å². The lowest BCUT2D eigenvalue weighted by molar-refractivity contribution is 0.166. The average molecular weight is 267 g/mol. The molecular formula is C17H17NO2. The van der Waals surface area contributed by atoms with E-state index in [9.17, 15) is 10.3 Å². The number of hydrogen-bond acceptors (Lipinski definition) is 3. The fraction of sp³-hybridized carbons (Fsp3) is 0.235. The summed E-state index contributed by atoms with van der Waals surface area (Å²) < 4.78 is 0. The van der Waals surface area contributed by atoms with E-state index < -0.39 is 6.10 Å². The lowest BCUT2D eigenvalue weighted by Gasteiger charge is -2.22. The Bertz CT molecular complexity index is 622. The highest BCUT2D eigenvalue weighted by Gasteiger charge is 2.32. The molecule has 2 aromatic rings. The van der Waals surface area contributed by atoms with E-state index in [2.05, 4.69) is 5.16 Å². The lowest BCUT2D eigenvalue weighted by atomic mass is 9.86. The second kappa shape index (κ2) is 5.47. The molecule has 0 aromatic heterocycles. The van der Waals surface area contributed by atoms with Gasteiger partial charge in [0, 0.05) is 0 Å². The first-order valence-electron chi connectivity index (χ1n) is 6.83. The molecule has 0 amide bonds. The number of aryl methyl sites for hydroxylation is 1. The molecular weight excluding hydrogens is 250 g/mol. The van der Waals surface area contributed by atoms with Crippen LogP contribution in [-0.4, -0.2) is 16.0 Å². The standard InChI is InChI=1S/C17H17NO2/c19-17-14-9-5-4-6-12(14)10-11-15(18-20)16(17)13-7-2-1-3-8-13/h1-9,16-17,19-20H,10-11H2. The van der Waals surface area contributed by atoms with Gasteiger partial charge in [-0.05, 0) is 29.5 Å². The Balaban J connectivity index is 2.11. The average Bonchev–Trinajstić information content (AvgIpc) is 2.65. The zero-order valence-corrected chi connectivity index (χ0v) is 11.1. The third-order valence-electron chi connectivity index (χ3n) is 3.99. The van der Waals surface area contributed by atoms with Crippen molar-refractivity contribution in [3.8, 4) is 0 Å². The quantitative estimate of drug-likeness (QED) is 0.473. The smallest absolute Gasteiger partial charge is 0.0914 e. The molecule has 0 spiro atoms. The Morgan fingerprint density at radius 3 is 2.35 bits per heavy atom. The van der Waals surface area contributed by atoms with Crippen LogP contribution in [0.2, 0.25) is 0 Å². The summed E-state index contributed by atoms with van der Waals surface area (Å²) in [5, 5.41) is 23.5. The van der Waals surface area contributed by atoms with Crippen molar-refractivity contribution in [2.75, 3.05) is 0 Å². The van der Waals surface area contributed by atoms with Gasteiger partial charge in [0.15, 0.2) is 0 Å². The first-order valence-corrected chi connectivity index (χ1v) is 6.83. The molecule has 0 heterocycles. The zero-order valence-electron chi connectivity index (χ0n) is 11.1. The molecule has 20 heavy (non-hydrogen) atoms. The van der Waals surface area contributed by atoms with Crippen molar-refractivity contribution in [2.24, 2.45) is 5.16 Å². The molecule has 2 atom stereocenters. The molecule has 0 saturated heterocycles. The minimum atomic E-state index is -0.679. The molecule has 0 aliphatic heterocycles. The van der Waals surface area contributed by atoms with Crippen LogP contribution in [-0.2, 0) is 6.42 Å². The summed E-state index contributed by atoms with van der Waals surface area (Å²) in [4.78, 5) is 0. The molecule has 2 N–H and O–H groups in total. The second-order valence-corrected chi connectivity index (χ2v) is 5.12. The largest absolute Gasteiger partial charge is 0.411 e. The molecule has 0 fully saturated rings. The molecule has 0 bridgehead atoms. The number of nitrogens with zero attached hydrogens (tertiary/aromatic N) is 1. The topological polar surface area (TPSA) is 52.8 Å². The van der Waals surface area contributed by atoms with Gasteiger partial charge in [0.2, 0.25) is 0 Å². The molecule has 3 nitrogen and oxygen atoms in total. The van der Waals surface area contributed by atoms with Crippen LogP contribution in [0.15, 0.2) is 59.8 Å². The summed E-state index contributed by atoms with van der Waals surface area (Å²) in [5.74, 6) is -0.287. The molecule has 0 saturated carbocycles. The maximum absolute atomic E-state index is 10.8. The predicted octanol–water partition coefficient (Wildman–Crippen LogP) is 3.28. The van der Waals surface area contributed by atoms with E-state index in [-0.39, 0.29) is 5.92 Å². The third-order valence-corrected chi connectivity index (χ3v) is 3.99. The van der Waals surface area contributed by atoms with E-state index in [1.807, 2.05) is 54.6 Å². The fourth-order valence-electron chi connectivity index (χ4n) is 2.98. The number of aliphatic hydroxyl groups is 1. The van der Waals surface area contributed by atoms with Crippen molar-refractivity contribution in [1.82, 2.24) is 0 Å². The van der Waals surface area contributed by atoms with Crippen LogP contribution in [0.25, 0.3) is 0 Å². The summed E-state index contributed by atoms with van der Waals surface area (Å²) in [6.45, 7) is 0. The van der Waals surface area contributed by atoms with E-state index in [1.54, 1.807) is 0 Å². The van der Waals surface area contributed by atoms with E-state index in [0.717, 1.165) is 23.1 Å². The van der Waals surface area contributed by atoms with Crippen LogP contribution in [0.3, 0.4) is 0 Å². The highest BCUT2D eigenvalue weighted by Crippen LogP contribution is 2.38. The summed E-state index contributed by atoms with van der Waals surface area (Å²) in [5.41, 5.74) is 3.67. The van der Waals surface area contributed by atoms with Crippen LogP contribution < -0.4 is 0 Å². The number of aliphatic hydroxyl groups excluding tert-OH is 1. The Morgan fingerprint density at radius 1 is 0.900 bits per heavy atom. The first-order chi connectivity index (χ1) is 9.81. The first kappa shape index (κ1) is 12.9. The Morgan fingerprint density at radius 2 is 1.60 bits per heavy atom. The maximum Gasteiger partial charge on any atom is 0.0914 e. The Kier molecular flexibility index (Phi) is 3.52. The van der Waals surface area contributed by atoms with Crippen LogP contribution >= 0.6 is 0 Å². The van der Waals surface area contributed by atoms with Gasteiger partial charge < -0.3 is 10.3 Å². The number of oxime groups is 1. The molecule has 2 unspecified atom stereocenters. The van der Waals surface area contributed by atoms with Gasteiger partial charge in [-0.2, -0.15) is 0 Å². The lowest BCUT2D eigenvalue weighted by Crippen LogP contribution is -2.19. The molecule has 2 aromatic carbocycles. The van der Waals surface area contributed by atoms with E-state index in [1.165, 1.54) is 0 Å². The number of fused-ring (bicyclic) bond motifs is 1. The van der Waals surface area contributed by atoms with Gasteiger partial charge in [-0.3, -0.25) is 0 Å². The summed E-state index contributed by atoms with van der Waals surface area (Å²) >= 11 is 0. The van der Waals surface area contributed by atoms with Crippen LogP contribution in [0.5, 0.6) is 0 Å². The van der Waals surface area contributed by atoms with Crippen molar-refractivity contribution in [1.29, 1.82) is 0 Å². The van der Waals surface area contributed by atoms with Gasteiger partial charge in [0.1, 0.15) is 0 Å². The molecule has 1 aliphatic carbocycles. The molecule has 1 aliphatic rings. The highest BCUT2D eigenvalue weighted by atomic mass is 16.4. The van der Waals surface area contributed by atoms with Gasteiger partial charge in [0.25, 0.3) is 0 Å². The SMILES string of the molecule is ON=C1CCc2ccccc2C(O)C1c1ccccc1. The van der Waals surface area contributed by atoms with Crippen LogP contribution in [0, 0.1) is 0 Å². The van der Waals surface area contributed by atoms with Gasteiger partial charge in [0.05, 0.1) is 17.7 Å². The predicted molar refractivity (Wildman–Crippen MR) is 78.1 cm³/mol. The fourth-order valence-corrected chi connectivity index (χ4v) is 2.98. The number of hydrogen-bond donors (Lipinski definition) is 2. The van der Waals surface area contributed by atoms with Crippen molar-refractivity contribution < 1.29 is 10.3 Å². The monoisotopic (exact) mass is 267 g/mol. The Hall–Kier alpha value is -2.13. The maximum atomic E-state index is 10.8. The molecule has 3 rings (SSSR count). The molecule has 3 heteroatoms. The molecule has 0 radical (unpaired) electrons. The summed E-state index contributed by atoms with van der Waals surface area (Å²) in [6, 6.07) is 17.6. The normalized spacial score (nSPS) is 24.1. The minimum Gasteiger partial charge on any atom is -0.411 e. The molecule has 102 valence electrons. The summed E-state index contributed by atoms with van der Waals surface area (Å²) in [7, 11) is 0.